The van der Waals surface area contributed by atoms with Gasteiger partial charge in [0.1, 0.15) is 11.6 Å². The molecule has 0 saturated heterocycles. The molecule has 0 aliphatic rings. The second-order valence-electron chi connectivity index (χ2n) is 6.87. The molecule has 0 saturated carbocycles. The first-order valence-electron chi connectivity index (χ1n) is 9.73. The highest BCUT2D eigenvalue weighted by Gasteiger charge is 2.19. The maximum absolute atomic E-state index is 6.13. The van der Waals surface area contributed by atoms with Crippen LogP contribution >= 0.6 is 11.8 Å². The summed E-state index contributed by atoms with van der Waals surface area (Å²) >= 11 is 1.91. The van der Waals surface area contributed by atoms with E-state index in [-0.39, 0.29) is 0 Å². The number of hydrogen-bond donors (Lipinski definition) is 0. The lowest BCUT2D eigenvalue weighted by atomic mass is 10.2. The molecule has 0 amide bonds. The lowest BCUT2D eigenvalue weighted by Crippen LogP contribution is -2.06. The fraction of sp³-hybridized carbons (Fsp3) is 0.455. The molecule has 0 N–H and O–H groups in total. The van der Waals surface area contributed by atoms with E-state index in [1.54, 1.807) is 0 Å². The fourth-order valence-electron chi connectivity index (χ4n) is 3.33. The molecular weight excluding hydrogens is 354 g/mol. The van der Waals surface area contributed by atoms with E-state index < -0.39 is 0 Å². The van der Waals surface area contributed by atoms with Crippen molar-refractivity contribution >= 4 is 22.8 Å². The summed E-state index contributed by atoms with van der Waals surface area (Å²) in [6.07, 6.45) is 6.61. The number of pyridine rings is 1. The molecule has 3 rings (SSSR count). The molecule has 4 nitrogen and oxygen atoms in total. The summed E-state index contributed by atoms with van der Waals surface area (Å²) in [6.45, 7) is 7.40. The average molecular weight is 384 g/mol. The van der Waals surface area contributed by atoms with Gasteiger partial charge in [-0.25, -0.2) is 9.97 Å². The Kier molecular flexibility index (Phi) is 6.78. The standard InChI is InChI=1S/C22H29N3OS/c1-5-11-19-24-20-21(25(19)14-9-10-15-27-4)16(2)17(3)23-22(20)26-18-12-7-6-8-13-18/h6-8,12-13H,5,9-11,14-15H2,1-4H3. The third-order valence-corrected chi connectivity index (χ3v) is 5.52. The quantitative estimate of drug-likeness (QED) is 0.429. The number of thioether (sulfide) groups is 1. The molecule has 0 atom stereocenters. The minimum absolute atomic E-state index is 0.611. The van der Waals surface area contributed by atoms with E-state index in [1.165, 1.54) is 29.7 Å². The third kappa shape index (κ3) is 4.46. The van der Waals surface area contributed by atoms with Gasteiger partial charge in [0.2, 0.25) is 5.88 Å². The van der Waals surface area contributed by atoms with Gasteiger partial charge in [0, 0.05) is 18.7 Å². The van der Waals surface area contributed by atoms with Crippen LogP contribution in [0.1, 0.15) is 43.3 Å². The van der Waals surface area contributed by atoms with Crippen LogP contribution in [0.25, 0.3) is 11.0 Å². The van der Waals surface area contributed by atoms with E-state index in [1.807, 2.05) is 42.1 Å². The molecule has 5 heteroatoms. The van der Waals surface area contributed by atoms with Gasteiger partial charge in [0.15, 0.2) is 5.52 Å². The second-order valence-corrected chi connectivity index (χ2v) is 7.85. The van der Waals surface area contributed by atoms with Crippen LogP contribution in [0.3, 0.4) is 0 Å². The Morgan fingerprint density at radius 1 is 1.07 bits per heavy atom. The van der Waals surface area contributed by atoms with Crippen molar-refractivity contribution in [3.63, 3.8) is 0 Å². The Morgan fingerprint density at radius 2 is 1.85 bits per heavy atom. The molecule has 0 fully saturated rings. The van der Waals surface area contributed by atoms with Crippen molar-refractivity contribution in [2.75, 3.05) is 12.0 Å². The summed E-state index contributed by atoms with van der Waals surface area (Å²) in [4.78, 5) is 9.69. The number of ether oxygens (including phenoxy) is 1. The molecule has 0 spiro atoms. The lowest BCUT2D eigenvalue weighted by Gasteiger charge is -2.12. The van der Waals surface area contributed by atoms with Gasteiger partial charge in [0.05, 0.1) is 5.52 Å². The maximum Gasteiger partial charge on any atom is 0.247 e. The van der Waals surface area contributed by atoms with Gasteiger partial charge in [-0.05, 0) is 62.8 Å². The molecule has 144 valence electrons. The fourth-order valence-corrected chi connectivity index (χ4v) is 3.82. The Morgan fingerprint density at radius 3 is 2.56 bits per heavy atom. The topological polar surface area (TPSA) is 39.9 Å². The summed E-state index contributed by atoms with van der Waals surface area (Å²) < 4.78 is 8.53. The molecule has 0 aliphatic heterocycles. The number of nitrogens with zero attached hydrogens (tertiary/aromatic N) is 3. The van der Waals surface area contributed by atoms with Crippen LogP contribution in [0, 0.1) is 13.8 Å². The molecular formula is C22H29N3OS. The number of imidazole rings is 1. The lowest BCUT2D eigenvalue weighted by molar-refractivity contribution is 0.466. The number of aromatic nitrogens is 3. The van der Waals surface area contributed by atoms with Crippen molar-refractivity contribution in [3.8, 4) is 11.6 Å². The van der Waals surface area contributed by atoms with Crippen LogP contribution in [0.2, 0.25) is 0 Å². The Bertz CT molecular complexity index is 890. The van der Waals surface area contributed by atoms with E-state index >= 15 is 0 Å². The summed E-state index contributed by atoms with van der Waals surface area (Å²) in [6, 6.07) is 9.84. The van der Waals surface area contributed by atoms with Crippen LogP contribution in [-0.4, -0.2) is 26.5 Å². The molecule has 27 heavy (non-hydrogen) atoms. The van der Waals surface area contributed by atoms with E-state index in [4.69, 9.17) is 14.7 Å². The van der Waals surface area contributed by atoms with E-state index in [9.17, 15) is 0 Å². The highest BCUT2D eigenvalue weighted by Crippen LogP contribution is 2.32. The molecule has 0 radical (unpaired) electrons. The van der Waals surface area contributed by atoms with Crippen molar-refractivity contribution in [2.24, 2.45) is 0 Å². The van der Waals surface area contributed by atoms with Crippen molar-refractivity contribution in [1.29, 1.82) is 0 Å². The van der Waals surface area contributed by atoms with E-state index in [0.29, 0.717) is 5.88 Å². The Hall–Kier alpha value is -2.01. The van der Waals surface area contributed by atoms with Crippen LogP contribution in [0.15, 0.2) is 30.3 Å². The van der Waals surface area contributed by atoms with Crippen molar-refractivity contribution < 1.29 is 4.74 Å². The Labute approximate surface area is 166 Å². The number of aryl methyl sites for hydroxylation is 4. The van der Waals surface area contributed by atoms with Gasteiger partial charge in [-0.2, -0.15) is 11.8 Å². The molecule has 2 aromatic heterocycles. The van der Waals surface area contributed by atoms with Gasteiger partial charge < -0.3 is 9.30 Å². The molecule has 2 heterocycles. The first-order chi connectivity index (χ1) is 13.2. The summed E-state index contributed by atoms with van der Waals surface area (Å²) in [5.41, 5.74) is 4.27. The largest absolute Gasteiger partial charge is 0.437 e. The molecule has 1 aromatic carbocycles. The molecule has 0 aliphatic carbocycles. The summed E-state index contributed by atoms with van der Waals surface area (Å²) in [7, 11) is 0. The van der Waals surface area contributed by atoms with Gasteiger partial charge in [-0.1, -0.05) is 25.1 Å². The van der Waals surface area contributed by atoms with Gasteiger partial charge in [0.25, 0.3) is 0 Å². The highest BCUT2D eigenvalue weighted by molar-refractivity contribution is 7.98. The van der Waals surface area contributed by atoms with Crippen LogP contribution in [0.5, 0.6) is 11.6 Å². The van der Waals surface area contributed by atoms with Crippen LogP contribution in [0.4, 0.5) is 0 Å². The van der Waals surface area contributed by atoms with Crippen LogP contribution in [-0.2, 0) is 13.0 Å². The number of hydrogen-bond acceptors (Lipinski definition) is 4. The Balaban J connectivity index is 2.05. The van der Waals surface area contributed by atoms with Crippen molar-refractivity contribution in [3.05, 3.63) is 47.4 Å². The summed E-state index contributed by atoms with van der Waals surface area (Å²) in [5.74, 6) is 3.75. The maximum atomic E-state index is 6.13. The van der Waals surface area contributed by atoms with Gasteiger partial charge in [-0.3, -0.25) is 0 Å². The van der Waals surface area contributed by atoms with Crippen molar-refractivity contribution in [2.45, 2.75) is 53.0 Å². The highest BCUT2D eigenvalue weighted by atomic mass is 32.2. The first-order valence-corrected chi connectivity index (χ1v) is 11.1. The minimum atomic E-state index is 0.611. The predicted octanol–water partition coefficient (Wildman–Crippen LogP) is 5.94. The number of para-hydroxylation sites is 1. The smallest absolute Gasteiger partial charge is 0.247 e. The van der Waals surface area contributed by atoms with E-state index in [2.05, 4.69) is 31.6 Å². The SMILES string of the molecule is CCCc1nc2c(Oc3ccccc3)nc(C)c(C)c2n1CCCCSC. The minimum Gasteiger partial charge on any atom is -0.437 e. The van der Waals surface area contributed by atoms with Gasteiger partial charge >= 0.3 is 0 Å². The van der Waals surface area contributed by atoms with Gasteiger partial charge in [-0.15, -0.1) is 0 Å². The number of unbranched alkanes of at least 4 members (excludes halogenated alkanes) is 1. The zero-order chi connectivity index (χ0) is 19.2. The molecule has 0 bridgehead atoms. The van der Waals surface area contributed by atoms with Crippen molar-refractivity contribution in [1.82, 2.24) is 14.5 Å². The predicted molar refractivity (Wildman–Crippen MR) is 115 cm³/mol. The summed E-state index contributed by atoms with van der Waals surface area (Å²) in [5, 5.41) is 0. The first kappa shape index (κ1) is 19.7. The molecule has 0 unspecified atom stereocenters. The second kappa shape index (κ2) is 9.27. The average Bonchev–Trinajstić information content (AvgIpc) is 3.03. The molecule has 3 aromatic rings. The normalized spacial score (nSPS) is 11.3. The zero-order valence-electron chi connectivity index (χ0n) is 16.8. The van der Waals surface area contributed by atoms with E-state index in [0.717, 1.165) is 42.2 Å². The zero-order valence-corrected chi connectivity index (χ0v) is 17.6. The monoisotopic (exact) mass is 383 g/mol. The van der Waals surface area contributed by atoms with Crippen LogP contribution < -0.4 is 4.74 Å². The number of rotatable bonds is 9. The third-order valence-electron chi connectivity index (χ3n) is 4.83. The number of benzene rings is 1. The number of fused-ring (bicyclic) bond motifs is 1.